The normalized spacial score (nSPS) is 17.4. The van der Waals surface area contributed by atoms with Gasteiger partial charge in [0.15, 0.2) is 0 Å². The minimum Gasteiger partial charge on any atom is -0.480 e. The Bertz CT molecular complexity index is 134. The third-order valence-corrected chi connectivity index (χ3v) is 2.19. The number of hydrogen-bond donors (Lipinski definition) is 3. The summed E-state index contributed by atoms with van der Waals surface area (Å²) in [5.74, 6) is -0.968. The molecule has 13 heavy (non-hydrogen) atoms. The molecule has 1 aliphatic carbocycles. The summed E-state index contributed by atoms with van der Waals surface area (Å²) < 4.78 is 0. The maximum Gasteiger partial charge on any atom is 0.317 e. The van der Waals surface area contributed by atoms with Gasteiger partial charge < -0.3 is 16.2 Å². The van der Waals surface area contributed by atoms with Crippen LogP contribution in [-0.4, -0.2) is 30.7 Å². The number of carboxylic acid groups (broad SMARTS) is 1. The fourth-order valence-electron chi connectivity index (χ4n) is 1.39. The molecule has 0 atom stereocenters. The monoisotopic (exact) mass is 188 g/mol. The van der Waals surface area contributed by atoms with E-state index in [9.17, 15) is 4.79 Å². The smallest absolute Gasteiger partial charge is 0.317 e. The molecule has 0 aromatic heterocycles. The summed E-state index contributed by atoms with van der Waals surface area (Å²) in [6.45, 7) is -0.278. The lowest BCUT2D eigenvalue weighted by Gasteiger charge is -2.20. The molecule has 0 aromatic carbocycles. The van der Waals surface area contributed by atoms with E-state index in [2.05, 4.69) is 18.1 Å². The van der Waals surface area contributed by atoms with Crippen LogP contribution < -0.4 is 11.1 Å². The predicted octanol–water partition coefficient (Wildman–Crippen LogP) is 0.568. The zero-order valence-electron chi connectivity index (χ0n) is 8.25. The van der Waals surface area contributed by atoms with Gasteiger partial charge in [0.05, 0.1) is 6.54 Å². The summed E-state index contributed by atoms with van der Waals surface area (Å²) in [5, 5.41) is 10.9. The highest BCUT2D eigenvalue weighted by molar-refractivity contribution is 5.68. The van der Waals surface area contributed by atoms with Gasteiger partial charge in [0.25, 0.3) is 0 Å². The Kier molecular flexibility index (Phi) is 7.63. The topological polar surface area (TPSA) is 75.3 Å². The van der Waals surface area contributed by atoms with E-state index in [0.717, 1.165) is 6.04 Å². The van der Waals surface area contributed by atoms with E-state index in [1.807, 2.05) is 0 Å². The molecule has 1 saturated carbocycles. The molecule has 1 aliphatic rings. The van der Waals surface area contributed by atoms with Crippen molar-refractivity contribution >= 4 is 5.97 Å². The minimum atomic E-state index is -0.968. The summed E-state index contributed by atoms with van der Waals surface area (Å²) >= 11 is 0. The van der Waals surface area contributed by atoms with Crippen molar-refractivity contribution in [2.24, 2.45) is 5.73 Å². The van der Waals surface area contributed by atoms with Gasteiger partial charge in [-0.2, -0.15) is 0 Å². The van der Waals surface area contributed by atoms with Crippen LogP contribution in [0.1, 0.15) is 32.1 Å². The van der Waals surface area contributed by atoms with E-state index in [4.69, 9.17) is 5.11 Å². The van der Waals surface area contributed by atoms with Gasteiger partial charge in [0, 0.05) is 6.04 Å². The zero-order valence-corrected chi connectivity index (χ0v) is 8.25. The minimum absolute atomic E-state index is 0.278. The van der Waals surface area contributed by atoms with E-state index in [1.54, 1.807) is 0 Å². The molecule has 1 fully saturated rings. The highest BCUT2D eigenvalue weighted by Gasteiger charge is 2.09. The van der Waals surface area contributed by atoms with Crippen LogP contribution in [0.2, 0.25) is 0 Å². The molecule has 78 valence electrons. The third-order valence-electron chi connectivity index (χ3n) is 2.19. The fraction of sp³-hybridized carbons (Fsp3) is 0.889. The SMILES string of the molecule is CNC1CCCCC1.NCC(=O)O. The maximum atomic E-state index is 9.24. The molecule has 4 N–H and O–H groups in total. The van der Waals surface area contributed by atoms with Gasteiger partial charge in [-0.25, -0.2) is 0 Å². The van der Waals surface area contributed by atoms with Crippen LogP contribution in [0.5, 0.6) is 0 Å². The van der Waals surface area contributed by atoms with Crippen LogP contribution in [0, 0.1) is 0 Å². The Morgan fingerprint density at radius 1 is 1.46 bits per heavy atom. The number of nitrogens with one attached hydrogen (secondary N) is 1. The summed E-state index contributed by atoms with van der Waals surface area (Å²) in [7, 11) is 2.07. The Labute approximate surface area is 79.5 Å². The zero-order chi connectivity index (χ0) is 10.1. The van der Waals surface area contributed by atoms with E-state index in [-0.39, 0.29) is 6.54 Å². The van der Waals surface area contributed by atoms with Crippen molar-refractivity contribution in [3.05, 3.63) is 0 Å². The number of aliphatic carboxylic acids is 1. The van der Waals surface area contributed by atoms with E-state index < -0.39 is 5.97 Å². The lowest BCUT2D eigenvalue weighted by molar-refractivity contribution is -0.135. The first kappa shape index (κ1) is 12.4. The Morgan fingerprint density at radius 3 is 2.15 bits per heavy atom. The van der Waals surface area contributed by atoms with Gasteiger partial charge in [0.2, 0.25) is 0 Å². The van der Waals surface area contributed by atoms with Crippen molar-refractivity contribution < 1.29 is 9.90 Å². The van der Waals surface area contributed by atoms with Gasteiger partial charge in [-0.1, -0.05) is 19.3 Å². The van der Waals surface area contributed by atoms with Gasteiger partial charge in [-0.3, -0.25) is 4.79 Å². The third kappa shape index (κ3) is 7.74. The number of hydrogen-bond acceptors (Lipinski definition) is 3. The van der Waals surface area contributed by atoms with Gasteiger partial charge in [0.1, 0.15) is 0 Å². The van der Waals surface area contributed by atoms with Crippen molar-refractivity contribution in [3.8, 4) is 0 Å². The Balaban J connectivity index is 0.000000252. The summed E-state index contributed by atoms with van der Waals surface area (Å²) in [5.41, 5.74) is 4.57. The number of nitrogens with two attached hydrogens (primary N) is 1. The van der Waals surface area contributed by atoms with Gasteiger partial charge >= 0.3 is 5.97 Å². The molecule has 0 spiro atoms. The molecule has 0 aromatic rings. The van der Waals surface area contributed by atoms with Crippen molar-refractivity contribution in [3.63, 3.8) is 0 Å². The second-order valence-corrected chi connectivity index (χ2v) is 3.22. The Morgan fingerprint density at radius 2 is 1.92 bits per heavy atom. The highest BCUT2D eigenvalue weighted by atomic mass is 16.4. The molecule has 0 aliphatic heterocycles. The second kappa shape index (κ2) is 8.01. The van der Waals surface area contributed by atoms with Gasteiger partial charge in [-0.05, 0) is 19.9 Å². The first-order valence-corrected chi connectivity index (χ1v) is 4.79. The first-order chi connectivity index (χ1) is 6.20. The molecule has 4 heteroatoms. The van der Waals surface area contributed by atoms with Gasteiger partial charge in [-0.15, -0.1) is 0 Å². The van der Waals surface area contributed by atoms with Crippen molar-refractivity contribution in [1.82, 2.24) is 5.32 Å². The first-order valence-electron chi connectivity index (χ1n) is 4.79. The second-order valence-electron chi connectivity index (χ2n) is 3.22. The van der Waals surface area contributed by atoms with Crippen molar-refractivity contribution in [2.45, 2.75) is 38.1 Å². The molecule has 0 amide bonds. The van der Waals surface area contributed by atoms with E-state index >= 15 is 0 Å². The van der Waals surface area contributed by atoms with Crippen LogP contribution in [-0.2, 0) is 4.79 Å². The quantitative estimate of drug-likeness (QED) is 0.592. The maximum absolute atomic E-state index is 9.24. The average molecular weight is 188 g/mol. The summed E-state index contributed by atoms with van der Waals surface area (Å²) in [6.07, 6.45) is 7.13. The molecule has 0 saturated heterocycles. The standard InChI is InChI=1S/C7H15N.C2H5NO2/c1-8-7-5-3-2-4-6-7;3-1-2(4)5/h7-8H,2-6H2,1H3;1,3H2,(H,4,5). The van der Waals surface area contributed by atoms with Crippen LogP contribution in [0.3, 0.4) is 0 Å². The van der Waals surface area contributed by atoms with Crippen molar-refractivity contribution in [1.29, 1.82) is 0 Å². The average Bonchev–Trinajstić information content (AvgIpc) is 2.20. The highest BCUT2D eigenvalue weighted by Crippen LogP contribution is 2.16. The molecular weight excluding hydrogens is 168 g/mol. The van der Waals surface area contributed by atoms with E-state index in [0.29, 0.717) is 0 Å². The van der Waals surface area contributed by atoms with Crippen molar-refractivity contribution in [2.75, 3.05) is 13.6 Å². The number of carboxylic acids is 1. The molecule has 4 nitrogen and oxygen atoms in total. The largest absolute Gasteiger partial charge is 0.480 e. The lowest BCUT2D eigenvalue weighted by Crippen LogP contribution is -2.26. The Hall–Kier alpha value is -0.610. The van der Waals surface area contributed by atoms with Crippen LogP contribution >= 0.6 is 0 Å². The van der Waals surface area contributed by atoms with E-state index in [1.165, 1.54) is 32.1 Å². The molecule has 1 rings (SSSR count). The van der Waals surface area contributed by atoms with Crippen LogP contribution in [0.4, 0.5) is 0 Å². The molecule has 0 radical (unpaired) electrons. The molecule has 0 heterocycles. The predicted molar refractivity (Wildman–Crippen MR) is 52.6 cm³/mol. The molecule has 0 bridgehead atoms. The summed E-state index contributed by atoms with van der Waals surface area (Å²) in [6, 6.07) is 0.837. The number of carbonyl (C=O) groups is 1. The van der Waals surface area contributed by atoms with Crippen LogP contribution in [0.15, 0.2) is 0 Å². The summed E-state index contributed by atoms with van der Waals surface area (Å²) in [4.78, 5) is 9.24. The lowest BCUT2D eigenvalue weighted by atomic mass is 9.96. The molecular formula is C9H20N2O2. The number of rotatable bonds is 2. The fourth-order valence-corrected chi connectivity index (χ4v) is 1.39. The van der Waals surface area contributed by atoms with Crippen LogP contribution in [0.25, 0.3) is 0 Å². The molecule has 0 unspecified atom stereocenters.